The van der Waals surface area contributed by atoms with Gasteiger partial charge in [-0.25, -0.2) is 13.2 Å². The standard InChI is InChI=1S/C23H19F3N6O/c1-30-22(13-7-16(24)20(26)17(25)8-13)15-10-14-3-2-4-18(21(15)29-30)32(14)23(33)12-5-6-31-11-27-28-19(31)9-12/h5-9,11,14,18H,2-4,10H2,1H3/t14-,18+/m0/s1. The number of halogens is 3. The van der Waals surface area contributed by atoms with Gasteiger partial charge < -0.3 is 4.90 Å². The van der Waals surface area contributed by atoms with Crippen molar-refractivity contribution in [3.05, 3.63) is 71.1 Å². The Morgan fingerprint density at radius 2 is 1.91 bits per heavy atom. The lowest BCUT2D eigenvalue weighted by molar-refractivity contribution is 0.0392. The molecule has 1 fully saturated rings. The summed E-state index contributed by atoms with van der Waals surface area (Å²) in [6.45, 7) is 0. The van der Waals surface area contributed by atoms with Crippen LogP contribution in [0.25, 0.3) is 16.9 Å². The monoisotopic (exact) mass is 452 g/mol. The molecule has 3 aromatic heterocycles. The van der Waals surface area contributed by atoms with E-state index < -0.39 is 17.5 Å². The Kier molecular flexibility index (Phi) is 4.33. The topological polar surface area (TPSA) is 68.3 Å². The molecule has 5 heterocycles. The van der Waals surface area contributed by atoms with Gasteiger partial charge in [-0.15, -0.1) is 10.2 Å². The molecule has 168 valence electrons. The average molecular weight is 452 g/mol. The first-order chi connectivity index (χ1) is 15.9. The molecule has 1 saturated heterocycles. The van der Waals surface area contributed by atoms with Crippen LogP contribution in [-0.4, -0.2) is 41.2 Å². The molecule has 0 aliphatic carbocycles. The minimum absolute atomic E-state index is 0.0732. The first-order valence-electron chi connectivity index (χ1n) is 10.7. The summed E-state index contributed by atoms with van der Waals surface area (Å²) in [7, 11) is 1.70. The molecular formula is C23H19F3N6O. The zero-order valence-corrected chi connectivity index (χ0v) is 17.7. The summed E-state index contributed by atoms with van der Waals surface area (Å²) in [4.78, 5) is 15.5. The maximum atomic E-state index is 14.0. The van der Waals surface area contributed by atoms with Gasteiger partial charge in [0.2, 0.25) is 0 Å². The third-order valence-electron chi connectivity index (χ3n) is 6.71. The maximum absolute atomic E-state index is 14.0. The molecular weight excluding hydrogens is 433 g/mol. The van der Waals surface area contributed by atoms with Crippen molar-refractivity contribution >= 4 is 11.6 Å². The molecule has 4 aromatic rings. The summed E-state index contributed by atoms with van der Waals surface area (Å²) < 4.78 is 44.8. The van der Waals surface area contributed by atoms with Crippen molar-refractivity contribution < 1.29 is 18.0 Å². The fourth-order valence-electron chi connectivity index (χ4n) is 5.30. The van der Waals surface area contributed by atoms with E-state index in [1.807, 2.05) is 4.90 Å². The van der Waals surface area contributed by atoms with Crippen molar-refractivity contribution in [1.29, 1.82) is 0 Å². The van der Waals surface area contributed by atoms with Gasteiger partial charge in [-0.05, 0) is 49.9 Å². The first-order valence-corrected chi connectivity index (χ1v) is 10.7. The molecule has 0 saturated carbocycles. The Balaban J connectivity index is 1.43. The highest BCUT2D eigenvalue weighted by molar-refractivity contribution is 5.96. The van der Waals surface area contributed by atoms with Crippen LogP contribution >= 0.6 is 0 Å². The summed E-state index contributed by atoms with van der Waals surface area (Å²) in [5.74, 6) is -4.08. The fraction of sp³-hybridized carbons (Fsp3) is 0.304. The van der Waals surface area contributed by atoms with Gasteiger partial charge in [0.15, 0.2) is 23.1 Å². The number of pyridine rings is 1. The quantitative estimate of drug-likeness (QED) is 0.434. The predicted octanol–water partition coefficient (Wildman–Crippen LogP) is 3.84. The van der Waals surface area contributed by atoms with Crippen LogP contribution in [0, 0.1) is 17.5 Å². The number of rotatable bonds is 2. The van der Waals surface area contributed by atoms with Crippen molar-refractivity contribution in [2.75, 3.05) is 0 Å². The van der Waals surface area contributed by atoms with Crippen LogP contribution in [0.5, 0.6) is 0 Å². The molecule has 1 amide bonds. The molecule has 0 spiro atoms. The van der Waals surface area contributed by atoms with Crippen molar-refractivity contribution in [3.63, 3.8) is 0 Å². The van der Waals surface area contributed by atoms with E-state index >= 15 is 0 Å². The van der Waals surface area contributed by atoms with E-state index in [-0.39, 0.29) is 23.6 Å². The summed E-state index contributed by atoms with van der Waals surface area (Å²) in [5.41, 5.74) is 3.48. The zero-order valence-electron chi connectivity index (χ0n) is 17.7. The second-order valence-corrected chi connectivity index (χ2v) is 8.62. The number of piperidine rings is 1. The van der Waals surface area contributed by atoms with Crippen LogP contribution in [-0.2, 0) is 13.5 Å². The number of carbonyl (C=O) groups is 1. The molecule has 2 aliphatic rings. The van der Waals surface area contributed by atoms with Crippen LogP contribution in [0.4, 0.5) is 13.2 Å². The molecule has 0 unspecified atom stereocenters. The number of hydrogen-bond donors (Lipinski definition) is 0. The second kappa shape index (κ2) is 7.16. The van der Waals surface area contributed by atoms with Gasteiger partial charge in [0.25, 0.3) is 5.91 Å². The summed E-state index contributed by atoms with van der Waals surface area (Å²) in [5, 5.41) is 12.5. The van der Waals surface area contributed by atoms with Crippen LogP contribution in [0.1, 0.15) is 46.9 Å². The van der Waals surface area contributed by atoms with E-state index in [1.54, 1.807) is 40.8 Å². The van der Waals surface area contributed by atoms with E-state index in [2.05, 4.69) is 15.3 Å². The second-order valence-electron chi connectivity index (χ2n) is 8.62. The minimum Gasteiger partial charge on any atom is -0.327 e. The fourth-order valence-corrected chi connectivity index (χ4v) is 5.30. The maximum Gasteiger partial charge on any atom is 0.254 e. The number of benzene rings is 1. The molecule has 6 rings (SSSR count). The smallest absolute Gasteiger partial charge is 0.254 e. The van der Waals surface area contributed by atoms with Crippen molar-refractivity contribution in [1.82, 2.24) is 29.3 Å². The van der Waals surface area contributed by atoms with Gasteiger partial charge in [-0.2, -0.15) is 5.10 Å². The Bertz CT molecular complexity index is 1400. The number of aryl methyl sites for hydroxylation is 1. The molecule has 1 aromatic carbocycles. The number of carbonyl (C=O) groups excluding carboxylic acids is 1. The van der Waals surface area contributed by atoms with Crippen LogP contribution in [0.15, 0.2) is 36.8 Å². The largest absolute Gasteiger partial charge is 0.327 e. The molecule has 2 aliphatic heterocycles. The van der Waals surface area contributed by atoms with Crippen LogP contribution in [0.3, 0.4) is 0 Å². The Morgan fingerprint density at radius 1 is 1.12 bits per heavy atom. The van der Waals surface area contributed by atoms with Gasteiger partial charge in [0.05, 0.1) is 17.4 Å². The average Bonchev–Trinajstić information content (AvgIpc) is 3.39. The number of nitrogens with zero attached hydrogens (tertiary/aromatic N) is 6. The molecule has 10 heteroatoms. The lowest BCUT2D eigenvalue weighted by Gasteiger charge is -2.45. The molecule has 0 N–H and O–H groups in total. The Hall–Kier alpha value is -3.69. The molecule has 33 heavy (non-hydrogen) atoms. The Labute approximate surface area is 186 Å². The van der Waals surface area contributed by atoms with Crippen LogP contribution in [0.2, 0.25) is 0 Å². The lowest BCUT2D eigenvalue weighted by Crippen LogP contribution is -2.49. The van der Waals surface area contributed by atoms with E-state index in [1.165, 1.54) is 0 Å². The summed E-state index contributed by atoms with van der Waals surface area (Å²) >= 11 is 0. The minimum atomic E-state index is -1.49. The zero-order chi connectivity index (χ0) is 22.9. The Morgan fingerprint density at radius 3 is 2.70 bits per heavy atom. The number of fused-ring (bicyclic) bond motifs is 5. The van der Waals surface area contributed by atoms with Gasteiger partial charge in [-0.1, -0.05) is 0 Å². The number of hydrogen-bond acceptors (Lipinski definition) is 4. The van der Waals surface area contributed by atoms with Gasteiger partial charge >= 0.3 is 0 Å². The third kappa shape index (κ3) is 2.96. The molecule has 2 atom stereocenters. The SMILES string of the molecule is Cn1nc2c(c1-c1cc(F)c(F)c(F)c1)C[C@@H]1CCC[C@H]2N1C(=O)c1ccn2cnnc2c1. The van der Waals surface area contributed by atoms with Gasteiger partial charge in [0.1, 0.15) is 6.33 Å². The first kappa shape index (κ1) is 20.0. The molecule has 7 nitrogen and oxygen atoms in total. The van der Waals surface area contributed by atoms with Crippen molar-refractivity contribution in [2.45, 2.75) is 37.8 Å². The molecule has 0 radical (unpaired) electrons. The predicted molar refractivity (Wildman–Crippen MR) is 112 cm³/mol. The highest BCUT2D eigenvalue weighted by atomic mass is 19.2. The van der Waals surface area contributed by atoms with E-state index in [0.29, 0.717) is 23.3 Å². The van der Waals surface area contributed by atoms with Crippen molar-refractivity contribution in [2.24, 2.45) is 7.05 Å². The number of aromatic nitrogens is 5. The van der Waals surface area contributed by atoms with Gasteiger partial charge in [-0.3, -0.25) is 13.9 Å². The molecule has 2 bridgehead atoms. The van der Waals surface area contributed by atoms with E-state index in [9.17, 15) is 18.0 Å². The summed E-state index contributed by atoms with van der Waals surface area (Å²) in [6, 6.07) is 5.14. The lowest BCUT2D eigenvalue weighted by atomic mass is 9.81. The summed E-state index contributed by atoms with van der Waals surface area (Å²) in [6.07, 6.45) is 6.34. The van der Waals surface area contributed by atoms with E-state index in [4.69, 9.17) is 0 Å². The number of amides is 1. The third-order valence-corrected chi connectivity index (χ3v) is 6.71. The van der Waals surface area contributed by atoms with Crippen LogP contribution < -0.4 is 0 Å². The normalized spacial score (nSPS) is 19.7. The highest BCUT2D eigenvalue weighted by Gasteiger charge is 2.43. The van der Waals surface area contributed by atoms with Gasteiger partial charge in [0, 0.05) is 36.0 Å². The highest BCUT2D eigenvalue weighted by Crippen LogP contribution is 2.45. The van der Waals surface area contributed by atoms with E-state index in [0.717, 1.165) is 42.7 Å². The van der Waals surface area contributed by atoms with Crippen molar-refractivity contribution in [3.8, 4) is 11.3 Å².